The van der Waals surface area contributed by atoms with Crippen LogP contribution in [-0.4, -0.2) is 17.8 Å². The Kier molecular flexibility index (Phi) is 3.38. The lowest BCUT2D eigenvalue weighted by Crippen LogP contribution is -2.15. The van der Waals surface area contributed by atoms with E-state index in [1.165, 1.54) is 0 Å². The summed E-state index contributed by atoms with van der Waals surface area (Å²) in [6, 6.07) is 7.38. The van der Waals surface area contributed by atoms with Gasteiger partial charge in [-0.05, 0) is 31.2 Å². The van der Waals surface area contributed by atoms with Gasteiger partial charge in [-0.2, -0.15) is 0 Å². The first-order valence-corrected chi connectivity index (χ1v) is 4.24. The molecule has 1 atom stereocenters. The van der Waals surface area contributed by atoms with Gasteiger partial charge in [0.1, 0.15) is 0 Å². The smallest absolute Gasteiger partial charge is 0.0684 e. The standard InChI is InChI=1S/C9H12ClNO/c1-7(12)6-11-9-4-2-8(10)3-5-9/h2-5,7,11-12H,6H2,1H3. The highest BCUT2D eigenvalue weighted by Crippen LogP contribution is 2.12. The molecule has 0 heterocycles. The summed E-state index contributed by atoms with van der Waals surface area (Å²) in [5.41, 5.74) is 0.973. The highest BCUT2D eigenvalue weighted by atomic mass is 35.5. The zero-order valence-electron chi connectivity index (χ0n) is 6.92. The Balaban J connectivity index is 2.48. The number of rotatable bonds is 3. The lowest BCUT2D eigenvalue weighted by molar-refractivity contribution is 0.208. The Morgan fingerprint density at radius 2 is 2.00 bits per heavy atom. The molecule has 2 nitrogen and oxygen atoms in total. The average molecular weight is 186 g/mol. The summed E-state index contributed by atoms with van der Waals surface area (Å²) in [4.78, 5) is 0. The maximum Gasteiger partial charge on any atom is 0.0684 e. The third kappa shape index (κ3) is 3.11. The molecule has 0 aromatic heterocycles. The number of hydrogen-bond acceptors (Lipinski definition) is 2. The molecule has 0 amide bonds. The van der Waals surface area contributed by atoms with Gasteiger partial charge in [0.15, 0.2) is 0 Å². The minimum absolute atomic E-state index is 0.333. The van der Waals surface area contributed by atoms with Gasteiger partial charge in [-0.25, -0.2) is 0 Å². The van der Waals surface area contributed by atoms with Crippen LogP contribution in [0, 0.1) is 0 Å². The molecule has 0 saturated carbocycles. The van der Waals surface area contributed by atoms with Crippen LogP contribution in [0.25, 0.3) is 0 Å². The van der Waals surface area contributed by atoms with E-state index in [-0.39, 0.29) is 6.10 Å². The second-order valence-corrected chi connectivity index (χ2v) is 3.17. The Hall–Kier alpha value is -0.730. The van der Waals surface area contributed by atoms with Gasteiger partial charge in [-0.1, -0.05) is 11.6 Å². The van der Waals surface area contributed by atoms with Crippen molar-refractivity contribution in [2.45, 2.75) is 13.0 Å². The third-order valence-electron chi connectivity index (χ3n) is 1.45. The average Bonchev–Trinajstić information content (AvgIpc) is 2.03. The quantitative estimate of drug-likeness (QED) is 0.756. The Labute approximate surface area is 77.2 Å². The molecule has 1 rings (SSSR count). The molecule has 1 unspecified atom stereocenters. The van der Waals surface area contributed by atoms with Crippen molar-refractivity contribution >= 4 is 17.3 Å². The van der Waals surface area contributed by atoms with Crippen molar-refractivity contribution in [3.8, 4) is 0 Å². The number of halogens is 1. The molecule has 0 spiro atoms. The van der Waals surface area contributed by atoms with Crippen LogP contribution in [0.1, 0.15) is 6.92 Å². The van der Waals surface area contributed by atoms with Gasteiger partial charge in [-0.15, -0.1) is 0 Å². The van der Waals surface area contributed by atoms with Gasteiger partial charge in [0, 0.05) is 17.3 Å². The summed E-state index contributed by atoms with van der Waals surface area (Å²) in [6.45, 7) is 2.30. The molecule has 12 heavy (non-hydrogen) atoms. The highest BCUT2D eigenvalue weighted by molar-refractivity contribution is 6.30. The van der Waals surface area contributed by atoms with E-state index >= 15 is 0 Å². The van der Waals surface area contributed by atoms with Crippen LogP contribution in [0.15, 0.2) is 24.3 Å². The fourth-order valence-electron chi connectivity index (χ4n) is 0.833. The second-order valence-electron chi connectivity index (χ2n) is 2.74. The molecule has 0 aliphatic heterocycles. The van der Waals surface area contributed by atoms with Crippen LogP contribution in [0.3, 0.4) is 0 Å². The summed E-state index contributed by atoms with van der Waals surface area (Å²) < 4.78 is 0. The van der Waals surface area contributed by atoms with Crippen LogP contribution in [0.5, 0.6) is 0 Å². The van der Waals surface area contributed by atoms with Gasteiger partial charge >= 0.3 is 0 Å². The van der Waals surface area contributed by atoms with Crippen LogP contribution >= 0.6 is 11.6 Å². The normalized spacial score (nSPS) is 12.6. The minimum Gasteiger partial charge on any atom is -0.392 e. The summed E-state index contributed by atoms with van der Waals surface area (Å²) in [6.07, 6.45) is -0.333. The fourth-order valence-corrected chi connectivity index (χ4v) is 0.959. The van der Waals surface area contributed by atoms with Crippen molar-refractivity contribution in [1.82, 2.24) is 0 Å². The fraction of sp³-hybridized carbons (Fsp3) is 0.333. The molecule has 0 radical (unpaired) electrons. The first-order valence-electron chi connectivity index (χ1n) is 3.86. The van der Waals surface area contributed by atoms with E-state index < -0.39 is 0 Å². The van der Waals surface area contributed by atoms with Crippen LogP contribution < -0.4 is 5.32 Å². The number of nitrogens with one attached hydrogen (secondary N) is 1. The molecule has 0 fully saturated rings. The lowest BCUT2D eigenvalue weighted by atomic mass is 10.3. The molecule has 0 saturated heterocycles. The molecule has 3 heteroatoms. The van der Waals surface area contributed by atoms with Crippen LogP contribution in [0.4, 0.5) is 5.69 Å². The monoisotopic (exact) mass is 185 g/mol. The summed E-state index contributed by atoms with van der Waals surface area (Å²) in [5.74, 6) is 0. The molecular weight excluding hydrogens is 174 g/mol. The van der Waals surface area contributed by atoms with E-state index in [2.05, 4.69) is 5.32 Å². The van der Waals surface area contributed by atoms with Gasteiger partial charge < -0.3 is 10.4 Å². The van der Waals surface area contributed by atoms with Crippen molar-refractivity contribution in [3.05, 3.63) is 29.3 Å². The van der Waals surface area contributed by atoms with Crippen molar-refractivity contribution < 1.29 is 5.11 Å². The molecule has 2 N–H and O–H groups in total. The van der Waals surface area contributed by atoms with Gasteiger partial charge in [0.05, 0.1) is 6.10 Å². The highest BCUT2D eigenvalue weighted by Gasteiger charge is 1.95. The van der Waals surface area contributed by atoms with Crippen molar-refractivity contribution in [2.24, 2.45) is 0 Å². The van der Waals surface area contributed by atoms with Gasteiger partial charge in [0.2, 0.25) is 0 Å². The zero-order valence-corrected chi connectivity index (χ0v) is 7.67. The SMILES string of the molecule is CC(O)CNc1ccc(Cl)cc1. The Bertz CT molecular complexity index is 233. The predicted octanol–water partition coefficient (Wildman–Crippen LogP) is 2.13. The number of aliphatic hydroxyl groups excluding tert-OH is 1. The van der Waals surface area contributed by atoms with Crippen LogP contribution in [-0.2, 0) is 0 Å². The maximum atomic E-state index is 8.98. The van der Waals surface area contributed by atoms with Crippen LogP contribution in [0.2, 0.25) is 5.02 Å². The van der Waals surface area contributed by atoms with E-state index in [1.807, 2.05) is 24.3 Å². The number of aliphatic hydroxyl groups is 1. The molecular formula is C9H12ClNO. The first kappa shape index (κ1) is 9.36. The van der Waals surface area contributed by atoms with Crippen molar-refractivity contribution in [3.63, 3.8) is 0 Å². The predicted molar refractivity (Wildman–Crippen MR) is 51.6 cm³/mol. The van der Waals surface area contributed by atoms with E-state index in [9.17, 15) is 0 Å². The van der Waals surface area contributed by atoms with E-state index in [0.29, 0.717) is 6.54 Å². The third-order valence-corrected chi connectivity index (χ3v) is 1.70. The van der Waals surface area contributed by atoms with E-state index in [4.69, 9.17) is 16.7 Å². The van der Waals surface area contributed by atoms with Gasteiger partial charge in [0.25, 0.3) is 0 Å². The van der Waals surface area contributed by atoms with E-state index in [0.717, 1.165) is 10.7 Å². The number of anilines is 1. The summed E-state index contributed by atoms with van der Waals surface area (Å²) >= 11 is 5.70. The second kappa shape index (κ2) is 4.33. The van der Waals surface area contributed by atoms with Crippen molar-refractivity contribution in [1.29, 1.82) is 0 Å². The van der Waals surface area contributed by atoms with E-state index in [1.54, 1.807) is 6.92 Å². The Morgan fingerprint density at radius 3 is 2.50 bits per heavy atom. The number of hydrogen-bond donors (Lipinski definition) is 2. The summed E-state index contributed by atoms with van der Waals surface area (Å²) in [7, 11) is 0. The Morgan fingerprint density at radius 1 is 1.42 bits per heavy atom. The molecule has 0 aliphatic rings. The lowest BCUT2D eigenvalue weighted by Gasteiger charge is -2.07. The largest absolute Gasteiger partial charge is 0.392 e. The molecule has 66 valence electrons. The van der Waals surface area contributed by atoms with Crippen molar-refractivity contribution in [2.75, 3.05) is 11.9 Å². The first-order chi connectivity index (χ1) is 5.68. The topological polar surface area (TPSA) is 32.3 Å². The number of benzene rings is 1. The molecule has 0 aliphatic carbocycles. The zero-order chi connectivity index (χ0) is 8.97. The maximum absolute atomic E-state index is 8.98. The molecule has 1 aromatic rings. The minimum atomic E-state index is -0.333. The summed E-state index contributed by atoms with van der Waals surface area (Å²) in [5, 5.41) is 12.8. The van der Waals surface area contributed by atoms with Gasteiger partial charge in [-0.3, -0.25) is 0 Å². The molecule has 1 aromatic carbocycles. The molecule has 0 bridgehead atoms.